The van der Waals surface area contributed by atoms with E-state index < -0.39 is 0 Å². The summed E-state index contributed by atoms with van der Waals surface area (Å²) in [6.07, 6.45) is 5.28. The van der Waals surface area contributed by atoms with Crippen LogP contribution >= 0.6 is 22.9 Å². The average molecular weight is 306 g/mol. The van der Waals surface area contributed by atoms with Crippen LogP contribution < -0.4 is 0 Å². The molecule has 0 saturated carbocycles. The quantitative estimate of drug-likeness (QED) is 0.722. The van der Waals surface area contributed by atoms with Crippen LogP contribution in [0.25, 0.3) is 0 Å². The van der Waals surface area contributed by atoms with E-state index in [1.54, 1.807) is 0 Å². The van der Waals surface area contributed by atoms with E-state index in [2.05, 4.69) is 40.6 Å². The van der Waals surface area contributed by atoms with E-state index in [1.165, 1.54) is 42.7 Å². The molecule has 3 rings (SSSR count). The second-order valence-corrected chi connectivity index (χ2v) is 6.90. The third-order valence-corrected chi connectivity index (χ3v) is 5.22. The van der Waals surface area contributed by atoms with E-state index in [0.29, 0.717) is 6.04 Å². The number of rotatable bonds is 3. The molecule has 1 aliphatic heterocycles. The van der Waals surface area contributed by atoms with Crippen LogP contribution in [0.1, 0.15) is 42.2 Å². The van der Waals surface area contributed by atoms with Gasteiger partial charge < -0.3 is 0 Å². The van der Waals surface area contributed by atoms with Gasteiger partial charge >= 0.3 is 0 Å². The highest BCUT2D eigenvalue weighted by Gasteiger charge is 2.23. The monoisotopic (exact) mass is 305 g/mol. The number of halogens is 1. The van der Waals surface area contributed by atoms with Crippen LogP contribution in [0.15, 0.2) is 41.8 Å². The summed E-state index contributed by atoms with van der Waals surface area (Å²) in [5.41, 5.74) is 1.32. The Hall–Kier alpha value is -0.830. The van der Waals surface area contributed by atoms with Crippen LogP contribution in [-0.4, -0.2) is 11.4 Å². The van der Waals surface area contributed by atoms with Crippen LogP contribution in [0.5, 0.6) is 0 Å². The van der Waals surface area contributed by atoms with Crippen molar-refractivity contribution in [3.8, 4) is 0 Å². The van der Waals surface area contributed by atoms with E-state index in [1.807, 2.05) is 17.4 Å². The molecule has 1 aromatic carbocycles. The van der Waals surface area contributed by atoms with Crippen LogP contribution in [0, 0.1) is 0 Å². The average Bonchev–Trinajstić information content (AvgIpc) is 2.87. The summed E-state index contributed by atoms with van der Waals surface area (Å²) >= 11 is 8.00. The second-order valence-electron chi connectivity index (χ2n) is 5.48. The van der Waals surface area contributed by atoms with Gasteiger partial charge in [-0.05, 0) is 48.5 Å². The molecular weight excluding hydrogens is 286 g/mol. The zero-order valence-electron chi connectivity index (χ0n) is 11.6. The van der Waals surface area contributed by atoms with Crippen molar-refractivity contribution in [2.75, 3.05) is 6.54 Å². The minimum atomic E-state index is 0.580. The number of benzene rings is 1. The predicted molar refractivity (Wildman–Crippen MR) is 87.4 cm³/mol. The van der Waals surface area contributed by atoms with Gasteiger partial charge in [-0.3, -0.25) is 4.90 Å². The maximum absolute atomic E-state index is 6.11. The Labute approximate surface area is 130 Å². The summed E-state index contributed by atoms with van der Waals surface area (Å²) in [6.45, 7) is 2.19. The summed E-state index contributed by atoms with van der Waals surface area (Å²) in [6, 6.07) is 13.3. The summed E-state index contributed by atoms with van der Waals surface area (Å²) in [4.78, 5) is 4.14. The zero-order valence-corrected chi connectivity index (χ0v) is 13.2. The number of thiophene rings is 1. The summed E-state index contributed by atoms with van der Waals surface area (Å²) in [5, 5.41) is 3.03. The van der Waals surface area contributed by atoms with Crippen LogP contribution in [-0.2, 0) is 6.54 Å². The molecule has 2 heterocycles. The first kappa shape index (κ1) is 14.1. The van der Waals surface area contributed by atoms with Gasteiger partial charge in [0.15, 0.2) is 0 Å². The fourth-order valence-electron chi connectivity index (χ4n) is 3.03. The van der Waals surface area contributed by atoms with Crippen molar-refractivity contribution in [1.29, 1.82) is 0 Å². The van der Waals surface area contributed by atoms with Gasteiger partial charge in [-0.2, -0.15) is 0 Å². The summed E-state index contributed by atoms with van der Waals surface area (Å²) in [7, 11) is 0. The van der Waals surface area contributed by atoms with Gasteiger partial charge in [-0.15, -0.1) is 11.3 Å². The summed E-state index contributed by atoms with van der Waals surface area (Å²) < 4.78 is 0. The van der Waals surface area contributed by atoms with Gasteiger partial charge in [0.2, 0.25) is 0 Å². The fourth-order valence-corrected chi connectivity index (χ4v) is 4.14. The van der Waals surface area contributed by atoms with E-state index in [9.17, 15) is 0 Å². The molecule has 0 N–H and O–H groups in total. The lowest BCUT2D eigenvalue weighted by atomic mass is 10.1. The molecule has 0 amide bonds. The molecule has 0 spiro atoms. The van der Waals surface area contributed by atoms with Crippen LogP contribution in [0.4, 0.5) is 0 Å². The van der Waals surface area contributed by atoms with Crippen molar-refractivity contribution >= 4 is 22.9 Å². The largest absolute Gasteiger partial charge is 0.291 e. The molecule has 2 aromatic rings. The van der Waals surface area contributed by atoms with Gasteiger partial charge in [0.25, 0.3) is 0 Å². The van der Waals surface area contributed by atoms with Crippen molar-refractivity contribution in [3.05, 3.63) is 57.2 Å². The van der Waals surface area contributed by atoms with Crippen LogP contribution in [0.3, 0.4) is 0 Å². The van der Waals surface area contributed by atoms with Crippen molar-refractivity contribution in [2.45, 2.75) is 38.3 Å². The number of likely N-dealkylation sites (tertiary alicyclic amines) is 1. The van der Waals surface area contributed by atoms with Crippen molar-refractivity contribution in [3.63, 3.8) is 0 Å². The van der Waals surface area contributed by atoms with Crippen molar-refractivity contribution < 1.29 is 0 Å². The standard InChI is InChI=1S/C17H20ClNS/c18-15-7-4-6-14(12-15)13-19-10-3-1-2-8-16(19)17-9-5-11-20-17/h4-7,9,11-12,16H,1-3,8,10,13H2/t16-/m0/s1. The third kappa shape index (κ3) is 3.43. The Morgan fingerprint density at radius 1 is 1.15 bits per heavy atom. The molecule has 3 heteroatoms. The minimum absolute atomic E-state index is 0.580. The van der Waals surface area contributed by atoms with Gasteiger partial charge in [0, 0.05) is 22.5 Å². The number of nitrogens with zero attached hydrogens (tertiary/aromatic N) is 1. The second kappa shape index (κ2) is 6.75. The fraction of sp³-hybridized carbons (Fsp3) is 0.412. The molecule has 1 atom stereocenters. The van der Waals surface area contributed by atoms with Gasteiger partial charge in [-0.1, -0.05) is 42.6 Å². The molecule has 0 unspecified atom stereocenters. The minimum Gasteiger partial charge on any atom is -0.291 e. The van der Waals surface area contributed by atoms with E-state index in [4.69, 9.17) is 11.6 Å². The molecule has 0 aliphatic carbocycles. The predicted octanol–water partition coefficient (Wildman–Crippen LogP) is 5.52. The molecule has 1 fully saturated rings. The zero-order chi connectivity index (χ0) is 13.8. The molecule has 0 bridgehead atoms. The first-order valence-electron chi connectivity index (χ1n) is 7.35. The Morgan fingerprint density at radius 2 is 2.10 bits per heavy atom. The van der Waals surface area contributed by atoms with Gasteiger partial charge in [-0.25, -0.2) is 0 Å². The highest BCUT2D eigenvalue weighted by atomic mass is 35.5. The van der Waals surface area contributed by atoms with Gasteiger partial charge in [0.1, 0.15) is 0 Å². The maximum atomic E-state index is 6.11. The van der Waals surface area contributed by atoms with E-state index in [0.717, 1.165) is 11.6 Å². The Kier molecular flexibility index (Phi) is 4.77. The lowest BCUT2D eigenvalue weighted by Gasteiger charge is -2.29. The van der Waals surface area contributed by atoms with E-state index in [-0.39, 0.29) is 0 Å². The molecular formula is C17H20ClNS. The molecule has 1 saturated heterocycles. The molecule has 1 nitrogen and oxygen atoms in total. The van der Waals surface area contributed by atoms with Crippen molar-refractivity contribution in [1.82, 2.24) is 4.90 Å². The topological polar surface area (TPSA) is 3.24 Å². The molecule has 106 valence electrons. The highest BCUT2D eigenvalue weighted by molar-refractivity contribution is 7.10. The first-order valence-corrected chi connectivity index (χ1v) is 8.60. The molecule has 20 heavy (non-hydrogen) atoms. The molecule has 0 radical (unpaired) electrons. The Bertz CT molecular complexity index is 538. The normalized spacial score (nSPS) is 20.8. The Balaban J connectivity index is 1.80. The smallest absolute Gasteiger partial charge is 0.0445 e. The molecule has 1 aliphatic rings. The number of hydrogen-bond acceptors (Lipinski definition) is 2. The van der Waals surface area contributed by atoms with Crippen LogP contribution in [0.2, 0.25) is 5.02 Å². The Morgan fingerprint density at radius 3 is 2.90 bits per heavy atom. The maximum Gasteiger partial charge on any atom is 0.0445 e. The first-order chi connectivity index (χ1) is 9.83. The van der Waals surface area contributed by atoms with Crippen molar-refractivity contribution in [2.24, 2.45) is 0 Å². The highest BCUT2D eigenvalue weighted by Crippen LogP contribution is 2.33. The lowest BCUT2D eigenvalue weighted by Crippen LogP contribution is -2.27. The third-order valence-electron chi connectivity index (χ3n) is 4.01. The molecule has 1 aromatic heterocycles. The number of hydrogen-bond donors (Lipinski definition) is 0. The lowest BCUT2D eigenvalue weighted by molar-refractivity contribution is 0.195. The van der Waals surface area contributed by atoms with Gasteiger partial charge in [0.05, 0.1) is 0 Å². The van der Waals surface area contributed by atoms with E-state index >= 15 is 0 Å². The summed E-state index contributed by atoms with van der Waals surface area (Å²) in [5.74, 6) is 0. The SMILES string of the molecule is Clc1cccc(CN2CCCCC[C@H]2c2cccs2)c1.